The van der Waals surface area contributed by atoms with Crippen molar-refractivity contribution in [3.8, 4) is 0 Å². The minimum atomic E-state index is -0.781. The first-order valence-corrected chi connectivity index (χ1v) is 7.34. The third-order valence-corrected chi connectivity index (χ3v) is 4.74. The Hall–Kier alpha value is -0.640. The lowest BCUT2D eigenvalue weighted by Gasteiger charge is -2.41. The van der Waals surface area contributed by atoms with Crippen LogP contribution in [0.15, 0.2) is 18.2 Å². The molecule has 3 rings (SSSR count). The lowest BCUT2D eigenvalue weighted by atomic mass is 9.82. The number of hydrogen-bond donors (Lipinski definition) is 1. The average Bonchev–Trinajstić information content (AvgIpc) is 2.80. The normalized spacial score (nSPS) is 31.4. The molecule has 2 saturated heterocycles. The summed E-state index contributed by atoms with van der Waals surface area (Å²) in [6, 6.07) is 5.03. The zero-order valence-electron chi connectivity index (χ0n) is 10.9. The van der Waals surface area contributed by atoms with Crippen molar-refractivity contribution >= 4 is 11.6 Å². The van der Waals surface area contributed by atoms with Crippen LogP contribution in [0.5, 0.6) is 0 Å². The molecule has 1 N–H and O–H groups in total. The maximum atomic E-state index is 13.8. The number of piperidine rings is 1. The summed E-state index contributed by atoms with van der Waals surface area (Å²) in [5.41, 5.74) is -0.252. The first-order chi connectivity index (χ1) is 9.06. The molecule has 2 nitrogen and oxygen atoms in total. The van der Waals surface area contributed by atoms with Gasteiger partial charge in [-0.25, -0.2) is 4.39 Å². The van der Waals surface area contributed by atoms with E-state index in [0.29, 0.717) is 23.0 Å². The Morgan fingerprint density at radius 3 is 3.11 bits per heavy atom. The van der Waals surface area contributed by atoms with E-state index in [1.807, 2.05) is 0 Å². The zero-order valence-corrected chi connectivity index (χ0v) is 11.7. The van der Waals surface area contributed by atoms with Gasteiger partial charge in [0, 0.05) is 24.0 Å². The predicted octanol–water partition coefficient (Wildman–Crippen LogP) is 3.01. The van der Waals surface area contributed by atoms with Gasteiger partial charge in [0.25, 0.3) is 0 Å². The quantitative estimate of drug-likeness (QED) is 0.902. The van der Waals surface area contributed by atoms with Gasteiger partial charge in [0.15, 0.2) is 0 Å². The number of benzene rings is 1. The van der Waals surface area contributed by atoms with Gasteiger partial charge in [0.2, 0.25) is 0 Å². The molecule has 0 aromatic heterocycles. The van der Waals surface area contributed by atoms with Gasteiger partial charge in [-0.2, -0.15) is 0 Å². The molecule has 0 aliphatic carbocycles. The fourth-order valence-electron chi connectivity index (χ4n) is 3.51. The molecular formula is C15H19ClFNO. The van der Waals surface area contributed by atoms with Crippen LogP contribution in [0.4, 0.5) is 4.39 Å². The smallest absolute Gasteiger partial charge is 0.126 e. The van der Waals surface area contributed by atoms with Gasteiger partial charge in [0.05, 0.1) is 5.60 Å². The summed E-state index contributed by atoms with van der Waals surface area (Å²) in [6.07, 6.45) is 4.20. The number of aliphatic hydroxyl groups is 1. The molecule has 4 heteroatoms. The van der Waals surface area contributed by atoms with Crippen molar-refractivity contribution in [1.29, 1.82) is 0 Å². The predicted molar refractivity (Wildman–Crippen MR) is 73.9 cm³/mol. The molecule has 0 amide bonds. The van der Waals surface area contributed by atoms with Gasteiger partial charge in [-0.15, -0.1) is 0 Å². The van der Waals surface area contributed by atoms with Gasteiger partial charge in [-0.3, -0.25) is 0 Å². The highest BCUT2D eigenvalue weighted by Crippen LogP contribution is 2.35. The van der Waals surface area contributed by atoms with Crippen LogP contribution in [0, 0.1) is 5.82 Å². The maximum absolute atomic E-state index is 13.8. The topological polar surface area (TPSA) is 23.5 Å². The first-order valence-electron chi connectivity index (χ1n) is 6.96. The molecule has 2 atom stereocenters. The van der Waals surface area contributed by atoms with Crippen molar-refractivity contribution in [1.82, 2.24) is 4.90 Å². The molecule has 2 heterocycles. The fraction of sp³-hybridized carbons (Fsp3) is 0.600. The van der Waals surface area contributed by atoms with Crippen LogP contribution in [0.3, 0.4) is 0 Å². The lowest BCUT2D eigenvalue weighted by Crippen LogP contribution is -2.48. The molecule has 0 spiro atoms. The van der Waals surface area contributed by atoms with Crippen molar-refractivity contribution < 1.29 is 9.50 Å². The molecular weight excluding hydrogens is 265 g/mol. The highest BCUT2D eigenvalue weighted by Gasteiger charge is 2.40. The van der Waals surface area contributed by atoms with E-state index < -0.39 is 5.60 Å². The van der Waals surface area contributed by atoms with Gasteiger partial charge < -0.3 is 10.0 Å². The molecule has 2 aliphatic rings. The van der Waals surface area contributed by atoms with Gasteiger partial charge in [-0.1, -0.05) is 11.6 Å². The largest absolute Gasteiger partial charge is 0.389 e. The SMILES string of the molecule is OC1(Cc2cc(Cl)ccc2F)CCN2CCCC2C1. The van der Waals surface area contributed by atoms with E-state index in [1.54, 1.807) is 12.1 Å². The van der Waals surface area contributed by atoms with Crippen LogP contribution in [0.1, 0.15) is 31.2 Å². The van der Waals surface area contributed by atoms with Gasteiger partial charge >= 0.3 is 0 Å². The molecule has 104 valence electrons. The van der Waals surface area contributed by atoms with Crippen LogP contribution in [0.2, 0.25) is 5.02 Å². The second-order valence-electron chi connectivity index (χ2n) is 5.92. The van der Waals surface area contributed by atoms with Crippen LogP contribution >= 0.6 is 11.6 Å². The standard InChI is InChI=1S/C15H19ClFNO/c16-12-3-4-14(17)11(8-12)9-15(19)5-7-18-6-1-2-13(18)10-15/h3-4,8,13,19H,1-2,5-7,9-10H2. The second kappa shape index (κ2) is 5.04. The van der Waals surface area contributed by atoms with E-state index in [1.165, 1.54) is 12.5 Å². The van der Waals surface area contributed by atoms with Crippen molar-refractivity contribution in [2.24, 2.45) is 0 Å². The molecule has 2 unspecified atom stereocenters. The molecule has 2 aliphatic heterocycles. The Labute approximate surface area is 118 Å². The highest BCUT2D eigenvalue weighted by molar-refractivity contribution is 6.30. The number of halogens is 2. The summed E-state index contributed by atoms with van der Waals surface area (Å²) in [6.45, 7) is 2.07. The molecule has 0 saturated carbocycles. The third kappa shape index (κ3) is 2.78. The van der Waals surface area contributed by atoms with Crippen molar-refractivity contribution in [3.63, 3.8) is 0 Å². The van der Waals surface area contributed by atoms with Crippen LogP contribution in [-0.2, 0) is 6.42 Å². The minimum absolute atomic E-state index is 0.272. The third-order valence-electron chi connectivity index (χ3n) is 4.51. The summed E-state index contributed by atoms with van der Waals surface area (Å²) in [5.74, 6) is -0.272. The van der Waals surface area contributed by atoms with E-state index in [4.69, 9.17) is 11.6 Å². The Morgan fingerprint density at radius 1 is 1.42 bits per heavy atom. The van der Waals surface area contributed by atoms with Crippen LogP contribution < -0.4 is 0 Å². The van der Waals surface area contributed by atoms with Gasteiger partial charge in [-0.05, 0) is 56.0 Å². The maximum Gasteiger partial charge on any atom is 0.126 e. The Morgan fingerprint density at radius 2 is 2.26 bits per heavy atom. The van der Waals surface area contributed by atoms with E-state index in [2.05, 4.69) is 4.90 Å². The summed E-state index contributed by atoms with van der Waals surface area (Å²) in [5, 5.41) is 11.3. The van der Waals surface area contributed by atoms with E-state index in [0.717, 1.165) is 32.4 Å². The first kappa shape index (κ1) is 13.3. The minimum Gasteiger partial charge on any atom is -0.389 e. The average molecular weight is 284 g/mol. The fourth-order valence-corrected chi connectivity index (χ4v) is 3.70. The number of fused-ring (bicyclic) bond motifs is 1. The number of rotatable bonds is 2. The Bertz CT molecular complexity index is 481. The van der Waals surface area contributed by atoms with Crippen LogP contribution in [0.25, 0.3) is 0 Å². The van der Waals surface area contributed by atoms with E-state index in [-0.39, 0.29) is 5.82 Å². The zero-order chi connectivity index (χ0) is 13.5. The molecule has 2 fully saturated rings. The van der Waals surface area contributed by atoms with Crippen LogP contribution in [-0.4, -0.2) is 34.7 Å². The summed E-state index contributed by atoms with van der Waals surface area (Å²) in [4.78, 5) is 2.45. The lowest BCUT2D eigenvalue weighted by molar-refractivity contribution is -0.0359. The number of nitrogens with zero attached hydrogens (tertiary/aromatic N) is 1. The monoisotopic (exact) mass is 283 g/mol. The molecule has 1 aromatic carbocycles. The Kier molecular flexibility index (Phi) is 3.54. The second-order valence-corrected chi connectivity index (χ2v) is 6.36. The van der Waals surface area contributed by atoms with E-state index in [9.17, 15) is 9.50 Å². The number of hydrogen-bond acceptors (Lipinski definition) is 2. The highest BCUT2D eigenvalue weighted by atomic mass is 35.5. The van der Waals surface area contributed by atoms with E-state index >= 15 is 0 Å². The Balaban J connectivity index is 1.76. The molecule has 19 heavy (non-hydrogen) atoms. The van der Waals surface area contributed by atoms with Crippen molar-refractivity contribution in [2.45, 2.75) is 43.7 Å². The van der Waals surface area contributed by atoms with Crippen molar-refractivity contribution in [2.75, 3.05) is 13.1 Å². The molecule has 1 aromatic rings. The summed E-state index contributed by atoms with van der Waals surface area (Å²) >= 11 is 5.91. The summed E-state index contributed by atoms with van der Waals surface area (Å²) < 4.78 is 13.8. The van der Waals surface area contributed by atoms with Crippen molar-refractivity contribution in [3.05, 3.63) is 34.6 Å². The molecule has 0 bridgehead atoms. The van der Waals surface area contributed by atoms with Gasteiger partial charge in [0.1, 0.15) is 5.82 Å². The summed E-state index contributed by atoms with van der Waals surface area (Å²) in [7, 11) is 0. The molecule has 0 radical (unpaired) electrons.